The molecule has 0 unspecified atom stereocenters. The molecule has 1 amide bonds. The molecular weight excluding hydrogens is 252 g/mol. The van der Waals surface area contributed by atoms with Crippen LogP contribution in [-0.4, -0.2) is 31.0 Å². The van der Waals surface area contributed by atoms with Crippen molar-refractivity contribution >= 4 is 11.6 Å². The van der Waals surface area contributed by atoms with Gasteiger partial charge in [-0.05, 0) is 24.0 Å². The Hall–Kier alpha value is -1.71. The van der Waals surface area contributed by atoms with E-state index < -0.39 is 0 Å². The van der Waals surface area contributed by atoms with Crippen LogP contribution in [-0.2, 0) is 0 Å². The van der Waals surface area contributed by atoms with E-state index in [1.165, 1.54) is 0 Å². The first-order valence-corrected chi connectivity index (χ1v) is 7.08. The van der Waals surface area contributed by atoms with Crippen LogP contribution in [0.4, 0.5) is 5.69 Å². The summed E-state index contributed by atoms with van der Waals surface area (Å²) in [5.74, 6) is 1.40. The number of nitrogens with two attached hydrogens (primary N) is 1. The van der Waals surface area contributed by atoms with Crippen LogP contribution in [0, 0.1) is 11.8 Å². The van der Waals surface area contributed by atoms with Gasteiger partial charge in [0.15, 0.2) is 0 Å². The lowest BCUT2D eigenvalue weighted by atomic mass is 10.1. The number of hydrogen-bond donors (Lipinski definition) is 1. The van der Waals surface area contributed by atoms with Gasteiger partial charge in [-0.1, -0.05) is 27.7 Å². The van der Waals surface area contributed by atoms with Crippen molar-refractivity contribution < 1.29 is 9.53 Å². The van der Waals surface area contributed by atoms with E-state index in [-0.39, 0.29) is 5.91 Å². The second-order valence-electron chi connectivity index (χ2n) is 5.96. The molecule has 0 heterocycles. The number of rotatable bonds is 6. The summed E-state index contributed by atoms with van der Waals surface area (Å²) in [6.45, 7) is 9.93. The van der Waals surface area contributed by atoms with Crippen molar-refractivity contribution in [3.8, 4) is 5.75 Å². The van der Waals surface area contributed by atoms with Gasteiger partial charge in [-0.2, -0.15) is 0 Å². The third kappa shape index (κ3) is 4.44. The molecule has 0 aromatic heterocycles. The summed E-state index contributed by atoms with van der Waals surface area (Å²) in [5, 5.41) is 0. The van der Waals surface area contributed by atoms with E-state index in [4.69, 9.17) is 10.5 Å². The minimum atomic E-state index is 0.00394. The summed E-state index contributed by atoms with van der Waals surface area (Å²) in [7, 11) is 1.56. The molecule has 0 saturated heterocycles. The summed E-state index contributed by atoms with van der Waals surface area (Å²) < 4.78 is 5.28. The van der Waals surface area contributed by atoms with Gasteiger partial charge in [0, 0.05) is 24.8 Å². The smallest absolute Gasteiger partial charge is 0.257 e. The highest BCUT2D eigenvalue weighted by atomic mass is 16.5. The van der Waals surface area contributed by atoms with Crippen LogP contribution in [0.2, 0.25) is 0 Å². The van der Waals surface area contributed by atoms with E-state index in [1.54, 1.807) is 25.3 Å². The summed E-state index contributed by atoms with van der Waals surface area (Å²) in [4.78, 5) is 14.6. The molecule has 0 atom stereocenters. The first kappa shape index (κ1) is 16.3. The van der Waals surface area contributed by atoms with Gasteiger partial charge in [-0.15, -0.1) is 0 Å². The third-order valence-electron chi connectivity index (χ3n) is 2.91. The maximum absolute atomic E-state index is 12.7. The van der Waals surface area contributed by atoms with Crippen molar-refractivity contribution in [3.63, 3.8) is 0 Å². The number of methoxy groups -OCH3 is 1. The first-order valence-electron chi connectivity index (χ1n) is 7.08. The molecule has 0 aliphatic carbocycles. The van der Waals surface area contributed by atoms with E-state index in [9.17, 15) is 4.79 Å². The molecule has 4 nitrogen and oxygen atoms in total. The Morgan fingerprint density at radius 3 is 2.20 bits per heavy atom. The van der Waals surface area contributed by atoms with Gasteiger partial charge in [0.2, 0.25) is 0 Å². The predicted octanol–water partition coefficient (Wildman–Crippen LogP) is 3.03. The maximum atomic E-state index is 12.7. The van der Waals surface area contributed by atoms with Gasteiger partial charge in [0.05, 0.1) is 12.7 Å². The van der Waals surface area contributed by atoms with E-state index in [0.717, 1.165) is 13.1 Å². The van der Waals surface area contributed by atoms with E-state index in [1.807, 2.05) is 4.90 Å². The van der Waals surface area contributed by atoms with E-state index >= 15 is 0 Å². The number of carbonyl (C=O) groups is 1. The van der Waals surface area contributed by atoms with Crippen molar-refractivity contribution in [2.75, 3.05) is 25.9 Å². The molecule has 2 N–H and O–H groups in total. The molecule has 1 rings (SSSR count). The number of carbonyl (C=O) groups excluding carboxylic acids is 1. The summed E-state index contributed by atoms with van der Waals surface area (Å²) in [6.07, 6.45) is 0. The minimum absolute atomic E-state index is 0.00394. The molecule has 0 bridgehead atoms. The van der Waals surface area contributed by atoms with Gasteiger partial charge in [-0.25, -0.2) is 0 Å². The van der Waals surface area contributed by atoms with Crippen LogP contribution >= 0.6 is 0 Å². The standard InChI is InChI=1S/C16H26N2O2/c1-11(2)9-18(10-12(3)4)16(19)14-7-6-13(17)8-15(14)20-5/h6-8,11-12H,9-10,17H2,1-5H3. The number of hydrogen-bond acceptors (Lipinski definition) is 3. The monoisotopic (exact) mass is 278 g/mol. The van der Waals surface area contributed by atoms with Crippen molar-refractivity contribution in [2.45, 2.75) is 27.7 Å². The lowest BCUT2D eigenvalue weighted by molar-refractivity contribution is 0.0712. The summed E-state index contributed by atoms with van der Waals surface area (Å²) in [5.41, 5.74) is 6.90. The molecule has 0 aliphatic heterocycles. The predicted molar refractivity (Wildman–Crippen MR) is 83.0 cm³/mol. The number of ether oxygens (including phenoxy) is 1. The van der Waals surface area contributed by atoms with Crippen molar-refractivity contribution in [1.82, 2.24) is 4.90 Å². The highest BCUT2D eigenvalue weighted by Gasteiger charge is 2.21. The van der Waals surface area contributed by atoms with Crippen molar-refractivity contribution in [3.05, 3.63) is 23.8 Å². The quantitative estimate of drug-likeness (QED) is 0.814. The minimum Gasteiger partial charge on any atom is -0.496 e. The zero-order valence-electron chi connectivity index (χ0n) is 13.1. The van der Waals surface area contributed by atoms with Crippen LogP contribution < -0.4 is 10.5 Å². The van der Waals surface area contributed by atoms with Crippen molar-refractivity contribution in [2.24, 2.45) is 11.8 Å². The highest BCUT2D eigenvalue weighted by Crippen LogP contribution is 2.23. The SMILES string of the molecule is COc1cc(N)ccc1C(=O)N(CC(C)C)CC(C)C. The number of anilines is 1. The molecular formula is C16H26N2O2. The molecule has 20 heavy (non-hydrogen) atoms. The Labute approximate surface area is 121 Å². The second-order valence-corrected chi connectivity index (χ2v) is 5.96. The number of nitrogen functional groups attached to an aromatic ring is 1. The van der Waals surface area contributed by atoms with Crippen LogP contribution in [0.25, 0.3) is 0 Å². The van der Waals surface area contributed by atoms with Gasteiger partial charge >= 0.3 is 0 Å². The number of amides is 1. The highest BCUT2D eigenvalue weighted by molar-refractivity contribution is 5.97. The molecule has 4 heteroatoms. The van der Waals surface area contributed by atoms with Gasteiger partial charge in [0.1, 0.15) is 5.75 Å². The zero-order valence-corrected chi connectivity index (χ0v) is 13.1. The maximum Gasteiger partial charge on any atom is 0.257 e. The molecule has 0 saturated carbocycles. The second kappa shape index (κ2) is 7.17. The van der Waals surface area contributed by atoms with E-state index in [0.29, 0.717) is 28.8 Å². The topological polar surface area (TPSA) is 55.6 Å². The van der Waals surface area contributed by atoms with Gasteiger partial charge < -0.3 is 15.4 Å². The lowest BCUT2D eigenvalue weighted by Gasteiger charge is -2.27. The summed E-state index contributed by atoms with van der Waals surface area (Å²) in [6, 6.07) is 5.17. The largest absolute Gasteiger partial charge is 0.496 e. The lowest BCUT2D eigenvalue weighted by Crippen LogP contribution is -2.37. The molecule has 0 spiro atoms. The first-order chi connectivity index (χ1) is 9.35. The number of benzene rings is 1. The fourth-order valence-corrected chi connectivity index (χ4v) is 2.18. The Morgan fingerprint density at radius 2 is 1.75 bits per heavy atom. The Bertz CT molecular complexity index is 446. The Balaban J connectivity index is 3.04. The van der Waals surface area contributed by atoms with E-state index in [2.05, 4.69) is 27.7 Å². The average molecular weight is 278 g/mol. The molecule has 112 valence electrons. The molecule has 0 radical (unpaired) electrons. The van der Waals surface area contributed by atoms with Crippen LogP contribution in [0.15, 0.2) is 18.2 Å². The molecule has 1 aromatic rings. The van der Waals surface area contributed by atoms with Crippen LogP contribution in [0.3, 0.4) is 0 Å². The Kier molecular flexibility index (Phi) is 5.86. The fraction of sp³-hybridized carbons (Fsp3) is 0.562. The number of nitrogens with zero attached hydrogens (tertiary/aromatic N) is 1. The normalized spacial score (nSPS) is 10.9. The average Bonchev–Trinajstić information content (AvgIpc) is 2.35. The van der Waals surface area contributed by atoms with Gasteiger partial charge in [0.25, 0.3) is 5.91 Å². The van der Waals surface area contributed by atoms with Gasteiger partial charge in [-0.3, -0.25) is 4.79 Å². The summed E-state index contributed by atoms with van der Waals surface area (Å²) >= 11 is 0. The molecule has 0 aliphatic rings. The third-order valence-corrected chi connectivity index (χ3v) is 2.91. The van der Waals surface area contributed by atoms with Crippen LogP contribution in [0.5, 0.6) is 5.75 Å². The zero-order chi connectivity index (χ0) is 15.3. The molecule has 0 fully saturated rings. The van der Waals surface area contributed by atoms with Crippen molar-refractivity contribution in [1.29, 1.82) is 0 Å². The Morgan fingerprint density at radius 1 is 1.20 bits per heavy atom. The fourth-order valence-electron chi connectivity index (χ4n) is 2.18. The van der Waals surface area contributed by atoms with Crippen LogP contribution in [0.1, 0.15) is 38.1 Å². The molecule has 1 aromatic carbocycles.